The standard InChI is InChI=1S/C21H25N7.HI/c1-22-21(26-18-8-11-27(15-18)19-5-3-2-4-6-19)25-14-17-7-9-24-20(13-17)28-12-10-23-16-28;/h2-7,9-10,12-13,16,18H,8,11,14-15H2,1H3,(H2,22,25,26);1H. The van der Waals surface area contributed by atoms with Crippen molar-refractivity contribution in [1.29, 1.82) is 0 Å². The van der Waals surface area contributed by atoms with Crippen LogP contribution in [0.1, 0.15) is 12.0 Å². The molecule has 1 saturated heterocycles. The molecule has 2 aromatic heterocycles. The van der Waals surface area contributed by atoms with Crippen LogP contribution in [0.5, 0.6) is 0 Å². The van der Waals surface area contributed by atoms with Crippen LogP contribution >= 0.6 is 24.0 Å². The molecule has 0 amide bonds. The molecule has 0 spiro atoms. The molecule has 1 atom stereocenters. The van der Waals surface area contributed by atoms with Crippen LogP contribution in [0.2, 0.25) is 0 Å². The van der Waals surface area contributed by atoms with E-state index in [4.69, 9.17) is 0 Å². The lowest BCUT2D eigenvalue weighted by Crippen LogP contribution is -2.44. The van der Waals surface area contributed by atoms with Gasteiger partial charge in [-0.15, -0.1) is 24.0 Å². The largest absolute Gasteiger partial charge is 0.369 e. The zero-order valence-electron chi connectivity index (χ0n) is 16.4. The maximum Gasteiger partial charge on any atom is 0.191 e. The maximum atomic E-state index is 4.39. The lowest BCUT2D eigenvalue weighted by atomic mass is 10.2. The van der Waals surface area contributed by atoms with Crippen molar-refractivity contribution in [1.82, 2.24) is 25.2 Å². The normalized spacial score (nSPS) is 16.4. The van der Waals surface area contributed by atoms with E-state index in [1.165, 1.54) is 5.69 Å². The number of guanidine groups is 1. The van der Waals surface area contributed by atoms with Gasteiger partial charge in [-0.3, -0.25) is 9.56 Å². The van der Waals surface area contributed by atoms with E-state index in [2.05, 4.69) is 66.9 Å². The van der Waals surface area contributed by atoms with Crippen molar-refractivity contribution in [3.8, 4) is 5.82 Å². The van der Waals surface area contributed by atoms with Crippen LogP contribution in [-0.4, -0.2) is 46.7 Å². The third kappa shape index (κ3) is 5.47. The highest BCUT2D eigenvalue weighted by Crippen LogP contribution is 2.19. The van der Waals surface area contributed by atoms with E-state index >= 15 is 0 Å². The van der Waals surface area contributed by atoms with Gasteiger partial charge in [-0.2, -0.15) is 0 Å². The molecule has 2 N–H and O–H groups in total. The van der Waals surface area contributed by atoms with Crippen molar-refractivity contribution in [2.75, 3.05) is 25.0 Å². The van der Waals surface area contributed by atoms with Crippen LogP contribution in [-0.2, 0) is 6.54 Å². The molecule has 152 valence electrons. The zero-order chi connectivity index (χ0) is 19.2. The van der Waals surface area contributed by atoms with Crippen molar-refractivity contribution in [3.63, 3.8) is 0 Å². The maximum absolute atomic E-state index is 4.39. The van der Waals surface area contributed by atoms with Gasteiger partial charge in [0, 0.05) is 57.0 Å². The van der Waals surface area contributed by atoms with Gasteiger partial charge in [-0.1, -0.05) is 18.2 Å². The van der Waals surface area contributed by atoms with Gasteiger partial charge >= 0.3 is 0 Å². The number of benzene rings is 1. The van der Waals surface area contributed by atoms with Crippen LogP contribution < -0.4 is 15.5 Å². The second-order valence-electron chi connectivity index (χ2n) is 6.83. The van der Waals surface area contributed by atoms with E-state index < -0.39 is 0 Å². The second kappa shape index (κ2) is 10.2. The van der Waals surface area contributed by atoms with Crippen molar-refractivity contribution in [2.45, 2.75) is 19.0 Å². The summed E-state index contributed by atoms with van der Waals surface area (Å²) in [6, 6.07) is 15.0. The molecule has 0 aliphatic carbocycles. The molecule has 29 heavy (non-hydrogen) atoms. The summed E-state index contributed by atoms with van der Waals surface area (Å²) in [6.45, 7) is 2.71. The Balaban J connectivity index is 0.00000240. The lowest BCUT2D eigenvalue weighted by Gasteiger charge is -2.20. The molecule has 3 heterocycles. The molecular weight excluding hydrogens is 477 g/mol. The van der Waals surface area contributed by atoms with Crippen LogP contribution in [0.25, 0.3) is 5.82 Å². The highest BCUT2D eigenvalue weighted by atomic mass is 127. The summed E-state index contributed by atoms with van der Waals surface area (Å²) < 4.78 is 1.90. The van der Waals surface area contributed by atoms with Crippen LogP contribution in [0.4, 0.5) is 5.69 Å². The molecule has 0 radical (unpaired) electrons. The van der Waals surface area contributed by atoms with E-state index in [0.29, 0.717) is 12.6 Å². The summed E-state index contributed by atoms with van der Waals surface area (Å²) in [6.07, 6.45) is 8.29. The Morgan fingerprint density at radius 3 is 2.83 bits per heavy atom. The van der Waals surface area contributed by atoms with Gasteiger partial charge in [0.15, 0.2) is 5.96 Å². The number of aliphatic imine (C=N–C) groups is 1. The summed E-state index contributed by atoms with van der Waals surface area (Å²) in [7, 11) is 1.81. The van der Waals surface area contributed by atoms with Gasteiger partial charge in [0.1, 0.15) is 12.1 Å². The molecule has 8 heteroatoms. The molecule has 1 aliphatic heterocycles. The minimum Gasteiger partial charge on any atom is -0.369 e. The summed E-state index contributed by atoms with van der Waals surface area (Å²) in [5.41, 5.74) is 2.41. The Kier molecular flexibility index (Phi) is 7.45. The van der Waals surface area contributed by atoms with Gasteiger partial charge in [0.2, 0.25) is 0 Å². The number of halogens is 1. The Morgan fingerprint density at radius 1 is 1.21 bits per heavy atom. The molecule has 1 fully saturated rings. The van der Waals surface area contributed by atoms with Gasteiger partial charge in [0.05, 0.1) is 0 Å². The molecule has 1 aliphatic rings. The smallest absolute Gasteiger partial charge is 0.191 e. The molecule has 3 aromatic rings. The third-order valence-corrected chi connectivity index (χ3v) is 4.91. The molecule has 7 nitrogen and oxygen atoms in total. The topological polar surface area (TPSA) is 70.4 Å². The molecule has 0 saturated carbocycles. The first-order valence-electron chi connectivity index (χ1n) is 9.52. The van der Waals surface area contributed by atoms with Crippen molar-refractivity contribution in [2.24, 2.45) is 4.99 Å². The van der Waals surface area contributed by atoms with Gasteiger partial charge < -0.3 is 15.5 Å². The summed E-state index contributed by atoms with van der Waals surface area (Å²) in [5.74, 6) is 1.68. The van der Waals surface area contributed by atoms with Crippen LogP contribution in [0, 0.1) is 0 Å². The fourth-order valence-corrected chi connectivity index (χ4v) is 3.43. The number of anilines is 1. The van der Waals surface area contributed by atoms with E-state index in [1.54, 1.807) is 12.5 Å². The second-order valence-corrected chi connectivity index (χ2v) is 6.83. The van der Waals surface area contributed by atoms with E-state index in [-0.39, 0.29) is 24.0 Å². The van der Waals surface area contributed by atoms with E-state index in [9.17, 15) is 0 Å². The quantitative estimate of drug-likeness (QED) is 0.319. The first-order chi connectivity index (χ1) is 13.8. The minimum absolute atomic E-state index is 0. The Hall–Kier alpha value is -2.62. The van der Waals surface area contributed by atoms with E-state index in [1.807, 2.05) is 30.1 Å². The number of hydrogen-bond donors (Lipinski definition) is 2. The van der Waals surface area contributed by atoms with Crippen molar-refractivity contribution >= 4 is 35.6 Å². The zero-order valence-corrected chi connectivity index (χ0v) is 18.7. The van der Waals surface area contributed by atoms with Gasteiger partial charge in [0.25, 0.3) is 0 Å². The number of pyridine rings is 1. The number of nitrogens with one attached hydrogen (secondary N) is 2. The molecule has 1 aromatic carbocycles. The minimum atomic E-state index is 0. The number of aromatic nitrogens is 3. The molecular formula is C21H26IN7. The average Bonchev–Trinajstić information content (AvgIpc) is 3.44. The average molecular weight is 503 g/mol. The SMILES string of the molecule is CN=C(NCc1ccnc(-n2ccnc2)c1)NC1CCN(c2ccccc2)C1.I. The van der Waals surface area contributed by atoms with Crippen molar-refractivity contribution in [3.05, 3.63) is 72.9 Å². The molecule has 0 bridgehead atoms. The Morgan fingerprint density at radius 2 is 2.07 bits per heavy atom. The highest BCUT2D eigenvalue weighted by Gasteiger charge is 2.23. The fourth-order valence-electron chi connectivity index (χ4n) is 3.43. The summed E-state index contributed by atoms with van der Waals surface area (Å²) in [5, 5.41) is 6.95. The highest BCUT2D eigenvalue weighted by molar-refractivity contribution is 14.0. The number of rotatable bonds is 5. The Bertz CT molecular complexity index is 912. The van der Waals surface area contributed by atoms with E-state index in [0.717, 1.165) is 36.9 Å². The van der Waals surface area contributed by atoms with Crippen LogP contribution in [0.3, 0.4) is 0 Å². The lowest BCUT2D eigenvalue weighted by molar-refractivity contribution is 0.648. The van der Waals surface area contributed by atoms with Crippen molar-refractivity contribution < 1.29 is 0 Å². The Labute approximate surface area is 188 Å². The number of nitrogens with zero attached hydrogens (tertiary/aromatic N) is 5. The predicted molar refractivity (Wildman–Crippen MR) is 127 cm³/mol. The fraction of sp³-hybridized carbons (Fsp3) is 0.286. The summed E-state index contributed by atoms with van der Waals surface area (Å²) in [4.78, 5) is 15.3. The number of imidazole rings is 1. The number of para-hydroxylation sites is 1. The van der Waals surface area contributed by atoms with Gasteiger partial charge in [-0.25, -0.2) is 9.97 Å². The first-order valence-corrected chi connectivity index (χ1v) is 9.52. The summed E-state index contributed by atoms with van der Waals surface area (Å²) >= 11 is 0. The predicted octanol–water partition coefficient (Wildman–Crippen LogP) is 2.83. The molecule has 1 unspecified atom stereocenters. The molecule has 4 rings (SSSR count). The first kappa shape index (κ1) is 21.1. The third-order valence-electron chi connectivity index (χ3n) is 4.91. The number of hydrogen-bond acceptors (Lipinski definition) is 4. The van der Waals surface area contributed by atoms with Crippen LogP contribution in [0.15, 0.2) is 72.4 Å². The monoisotopic (exact) mass is 503 g/mol. The van der Waals surface area contributed by atoms with Gasteiger partial charge in [-0.05, 0) is 36.2 Å².